The Kier molecular flexibility index (Phi) is 2.57. The van der Waals surface area contributed by atoms with Gasteiger partial charge in [-0.1, -0.05) is 13.8 Å². The summed E-state index contributed by atoms with van der Waals surface area (Å²) in [5.74, 6) is 0.282. The van der Waals surface area contributed by atoms with Gasteiger partial charge >= 0.3 is 0 Å². The minimum atomic E-state index is -0.0657. The third-order valence-corrected chi connectivity index (χ3v) is 3.64. The summed E-state index contributed by atoms with van der Waals surface area (Å²) in [4.78, 5) is 14.3. The predicted molar refractivity (Wildman–Crippen MR) is 67.4 cm³/mol. The van der Waals surface area contributed by atoms with E-state index in [1.165, 1.54) is 0 Å². The number of aromatic nitrogens is 3. The highest BCUT2D eigenvalue weighted by Gasteiger charge is 2.12. The molecular weight excluding hydrogens is 305 g/mol. The van der Waals surface area contributed by atoms with Crippen LogP contribution in [-0.4, -0.2) is 14.6 Å². The first kappa shape index (κ1) is 10.7. The number of H-pyrrole nitrogens is 1. The third kappa shape index (κ3) is 1.68. The molecule has 0 radical (unpaired) electrons. The van der Waals surface area contributed by atoms with Crippen LogP contribution in [0.2, 0.25) is 0 Å². The fraction of sp³-hybridized carbons (Fsp3) is 0.400. The van der Waals surface area contributed by atoms with Gasteiger partial charge in [0.1, 0.15) is 5.65 Å². The van der Waals surface area contributed by atoms with E-state index < -0.39 is 0 Å². The maximum atomic E-state index is 11.5. The Bertz CT molecular complexity index is 568. The topological polar surface area (TPSA) is 50.2 Å². The second kappa shape index (κ2) is 3.62. The van der Waals surface area contributed by atoms with E-state index in [-0.39, 0.29) is 11.5 Å². The number of nitrogens with one attached hydrogen (secondary N) is 1. The van der Waals surface area contributed by atoms with Crippen LogP contribution in [0.3, 0.4) is 0 Å². The number of rotatable bonds is 1. The smallest absolute Gasteiger partial charge is 0.251 e. The number of aromatic amines is 1. The van der Waals surface area contributed by atoms with Crippen molar-refractivity contribution < 1.29 is 0 Å². The summed E-state index contributed by atoms with van der Waals surface area (Å²) in [7, 11) is 0. The number of aryl methyl sites for hydroxylation is 1. The molecule has 0 saturated carbocycles. The standard InChI is InChI=1S/C10H12IN3O/c1-5(2)7-4-8(15)12-10-9(11)6(3)13-14(7)10/h4-5H,1-3H3,(H,12,15). The summed E-state index contributed by atoms with van der Waals surface area (Å²) in [5.41, 5.74) is 2.62. The van der Waals surface area contributed by atoms with E-state index in [4.69, 9.17) is 0 Å². The van der Waals surface area contributed by atoms with Gasteiger partial charge in [-0.25, -0.2) is 4.52 Å². The second-order valence-corrected chi connectivity index (χ2v) is 4.95. The molecule has 5 heteroatoms. The Morgan fingerprint density at radius 3 is 2.80 bits per heavy atom. The first-order valence-corrected chi connectivity index (χ1v) is 5.86. The largest absolute Gasteiger partial charge is 0.306 e. The van der Waals surface area contributed by atoms with E-state index in [2.05, 4.69) is 46.5 Å². The molecule has 15 heavy (non-hydrogen) atoms. The summed E-state index contributed by atoms with van der Waals surface area (Å²) in [6.45, 7) is 6.05. The molecule has 4 nitrogen and oxygen atoms in total. The highest BCUT2D eigenvalue weighted by molar-refractivity contribution is 14.1. The Labute approximate surface area is 101 Å². The predicted octanol–water partition coefficient (Wildman–Crippen LogP) is 2.06. The van der Waals surface area contributed by atoms with Crippen LogP contribution in [0.4, 0.5) is 0 Å². The molecule has 0 aromatic carbocycles. The molecule has 0 aliphatic carbocycles. The molecule has 0 amide bonds. The van der Waals surface area contributed by atoms with Crippen LogP contribution in [0.25, 0.3) is 5.65 Å². The molecule has 0 aliphatic heterocycles. The molecule has 0 fully saturated rings. The summed E-state index contributed by atoms with van der Waals surface area (Å²) in [6, 6.07) is 1.61. The minimum absolute atomic E-state index is 0.0657. The van der Waals surface area contributed by atoms with Gasteiger partial charge in [0.05, 0.1) is 15.0 Å². The van der Waals surface area contributed by atoms with E-state index in [0.717, 1.165) is 20.6 Å². The van der Waals surface area contributed by atoms with Gasteiger partial charge in [0, 0.05) is 6.07 Å². The van der Waals surface area contributed by atoms with E-state index in [1.807, 2.05) is 11.4 Å². The summed E-state index contributed by atoms with van der Waals surface area (Å²) < 4.78 is 2.83. The zero-order valence-electron chi connectivity index (χ0n) is 8.84. The minimum Gasteiger partial charge on any atom is -0.306 e. The fourth-order valence-electron chi connectivity index (χ4n) is 1.56. The first-order valence-electron chi connectivity index (χ1n) is 4.78. The van der Waals surface area contributed by atoms with Crippen LogP contribution < -0.4 is 5.56 Å². The van der Waals surface area contributed by atoms with Gasteiger partial charge in [-0.15, -0.1) is 0 Å². The van der Waals surface area contributed by atoms with Crippen molar-refractivity contribution in [2.75, 3.05) is 0 Å². The van der Waals surface area contributed by atoms with Crippen LogP contribution in [0.15, 0.2) is 10.9 Å². The van der Waals surface area contributed by atoms with Gasteiger partial charge in [-0.3, -0.25) is 4.79 Å². The monoisotopic (exact) mass is 317 g/mol. The van der Waals surface area contributed by atoms with Crippen LogP contribution >= 0.6 is 22.6 Å². The molecule has 0 spiro atoms. The van der Waals surface area contributed by atoms with E-state index in [1.54, 1.807) is 6.07 Å². The van der Waals surface area contributed by atoms with Gasteiger partial charge in [-0.2, -0.15) is 5.10 Å². The molecule has 2 aromatic heterocycles. The molecule has 0 atom stereocenters. The number of hydrogen-bond donors (Lipinski definition) is 1. The van der Waals surface area contributed by atoms with Gasteiger partial charge in [0.25, 0.3) is 5.56 Å². The molecule has 2 rings (SSSR count). The second-order valence-electron chi connectivity index (χ2n) is 3.87. The normalized spacial score (nSPS) is 11.5. The van der Waals surface area contributed by atoms with Crippen LogP contribution in [0.1, 0.15) is 31.2 Å². The lowest BCUT2D eigenvalue weighted by molar-refractivity contribution is 0.741. The number of halogens is 1. The lowest BCUT2D eigenvalue weighted by atomic mass is 10.1. The van der Waals surface area contributed by atoms with Crippen LogP contribution in [-0.2, 0) is 0 Å². The maximum Gasteiger partial charge on any atom is 0.251 e. The molecule has 2 heterocycles. The molecule has 2 aromatic rings. The van der Waals surface area contributed by atoms with Crippen molar-refractivity contribution in [3.8, 4) is 0 Å². The first-order chi connectivity index (χ1) is 7.00. The van der Waals surface area contributed by atoms with Gasteiger partial charge < -0.3 is 4.98 Å². The Hall–Kier alpha value is -0.850. The van der Waals surface area contributed by atoms with Crippen molar-refractivity contribution in [3.05, 3.63) is 31.4 Å². The zero-order chi connectivity index (χ0) is 11.2. The van der Waals surface area contributed by atoms with Crippen molar-refractivity contribution in [1.29, 1.82) is 0 Å². The summed E-state index contributed by atoms with van der Waals surface area (Å²) in [5, 5.41) is 4.41. The summed E-state index contributed by atoms with van der Waals surface area (Å²) in [6.07, 6.45) is 0. The zero-order valence-corrected chi connectivity index (χ0v) is 11.0. The molecule has 1 N–H and O–H groups in total. The van der Waals surface area contributed by atoms with Crippen LogP contribution in [0.5, 0.6) is 0 Å². The fourth-order valence-corrected chi connectivity index (χ4v) is 2.03. The average molecular weight is 317 g/mol. The highest BCUT2D eigenvalue weighted by Crippen LogP contribution is 2.19. The molecule has 0 saturated heterocycles. The maximum absolute atomic E-state index is 11.5. The van der Waals surface area contributed by atoms with Gasteiger partial charge in [0.2, 0.25) is 0 Å². The lowest BCUT2D eigenvalue weighted by Gasteiger charge is -2.06. The van der Waals surface area contributed by atoms with Gasteiger partial charge in [-0.05, 0) is 35.4 Å². The van der Waals surface area contributed by atoms with Crippen molar-refractivity contribution in [1.82, 2.24) is 14.6 Å². The summed E-state index contributed by atoms with van der Waals surface area (Å²) >= 11 is 2.20. The van der Waals surface area contributed by atoms with Crippen molar-refractivity contribution >= 4 is 28.2 Å². The van der Waals surface area contributed by atoms with Gasteiger partial charge in [0.15, 0.2) is 0 Å². The molecule has 0 unspecified atom stereocenters. The Morgan fingerprint density at radius 1 is 1.53 bits per heavy atom. The number of nitrogens with zero attached hydrogens (tertiary/aromatic N) is 2. The van der Waals surface area contributed by atoms with Crippen molar-refractivity contribution in [3.63, 3.8) is 0 Å². The molecule has 0 aliphatic rings. The Morgan fingerprint density at radius 2 is 2.20 bits per heavy atom. The highest BCUT2D eigenvalue weighted by atomic mass is 127. The van der Waals surface area contributed by atoms with E-state index >= 15 is 0 Å². The molecular formula is C10H12IN3O. The Balaban J connectivity index is 2.92. The van der Waals surface area contributed by atoms with E-state index in [0.29, 0.717) is 0 Å². The molecule has 80 valence electrons. The molecule has 0 bridgehead atoms. The lowest BCUT2D eigenvalue weighted by Crippen LogP contribution is -2.13. The van der Waals surface area contributed by atoms with Crippen LogP contribution in [0, 0.1) is 10.5 Å². The number of fused-ring (bicyclic) bond motifs is 1. The van der Waals surface area contributed by atoms with Crippen molar-refractivity contribution in [2.24, 2.45) is 0 Å². The number of hydrogen-bond acceptors (Lipinski definition) is 2. The SMILES string of the molecule is Cc1nn2c(C(C)C)cc(=O)[nH]c2c1I. The van der Waals surface area contributed by atoms with E-state index in [9.17, 15) is 4.79 Å². The quantitative estimate of drug-likeness (QED) is 0.819. The third-order valence-electron chi connectivity index (χ3n) is 2.34. The van der Waals surface area contributed by atoms with Crippen molar-refractivity contribution in [2.45, 2.75) is 26.7 Å². The average Bonchev–Trinajstić information content (AvgIpc) is 2.43.